The lowest BCUT2D eigenvalue weighted by atomic mass is 9.97. The molecule has 0 saturated carbocycles. The first kappa shape index (κ1) is 21.7. The lowest BCUT2D eigenvalue weighted by Crippen LogP contribution is -2.41. The molecule has 1 fully saturated rings. The Morgan fingerprint density at radius 3 is 2.61 bits per heavy atom. The number of carbonyl (C=O) groups is 2. The van der Waals surface area contributed by atoms with Crippen LogP contribution >= 0.6 is 11.3 Å². The second-order valence-electron chi connectivity index (χ2n) is 7.61. The maximum absolute atomic E-state index is 13.2. The van der Waals surface area contributed by atoms with E-state index in [-0.39, 0.29) is 35.7 Å². The average Bonchev–Trinajstić information content (AvgIpc) is 3.17. The summed E-state index contributed by atoms with van der Waals surface area (Å²) in [5.41, 5.74) is 1.31. The van der Waals surface area contributed by atoms with E-state index < -0.39 is 10.0 Å². The van der Waals surface area contributed by atoms with Crippen LogP contribution in [0.3, 0.4) is 0 Å². The number of anilines is 2. The van der Waals surface area contributed by atoms with Gasteiger partial charge in [-0.3, -0.25) is 9.59 Å². The van der Waals surface area contributed by atoms with Crippen molar-refractivity contribution in [2.24, 2.45) is 5.92 Å². The smallest absolute Gasteiger partial charge is 0.243 e. The predicted octanol–water partition coefficient (Wildman–Crippen LogP) is 2.24. The number of amides is 2. The number of sulfonamides is 1. The van der Waals surface area contributed by atoms with E-state index in [1.165, 1.54) is 39.6 Å². The fourth-order valence-electron chi connectivity index (χ4n) is 3.81. The molecule has 1 saturated heterocycles. The number of piperidine rings is 1. The maximum Gasteiger partial charge on any atom is 0.243 e. The molecule has 1 aromatic carbocycles. The summed E-state index contributed by atoms with van der Waals surface area (Å²) >= 11 is 1.37. The molecule has 11 heteroatoms. The lowest BCUT2D eigenvalue weighted by Gasteiger charge is -2.32. The van der Waals surface area contributed by atoms with E-state index in [4.69, 9.17) is 4.74 Å². The number of rotatable bonds is 4. The van der Waals surface area contributed by atoms with Crippen molar-refractivity contribution in [2.75, 3.05) is 36.5 Å². The van der Waals surface area contributed by atoms with Gasteiger partial charge in [0.1, 0.15) is 12.4 Å². The molecule has 0 aliphatic carbocycles. The Hall–Kier alpha value is -2.50. The minimum absolute atomic E-state index is 0.115. The molecule has 2 aliphatic heterocycles. The molecule has 0 unspecified atom stereocenters. The summed E-state index contributed by atoms with van der Waals surface area (Å²) < 4.78 is 33.3. The summed E-state index contributed by atoms with van der Waals surface area (Å²) in [6.45, 7) is 4.56. The molecule has 31 heavy (non-hydrogen) atoms. The molecule has 2 aromatic rings. The number of aromatic nitrogens is 1. The zero-order valence-corrected chi connectivity index (χ0v) is 19.0. The second kappa shape index (κ2) is 8.56. The minimum atomic E-state index is -3.75. The molecule has 0 spiro atoms. The topological polar surface area (TPSA) is 109 Å². The largest absolute Gasteiger partial charge is 0.490 e. The Morgan fingerprint density at radius 1 is 1.23 bits per heavy atom. The average molecular weight is 465 g/mol. The number of thiazole rings is 1. The van der Waals surface area contributed by atoms with Gasteiger partial charge in [0.25, 0.3) is 0 Å². The van der Waals surface area contributed by atoms with E-state index in [2.05, 4.69) is 10.3 Å². The van der Waals surface area contributed by atoms with Gasteiger partial charge in [0, 0.05) is 31.3 Å². The maximum atomic E-state index is 13.2. The van der Waals surface area contributed by atoms with Crippen molar-refractivity contribution < 1.29 is 22.7 Å². The summed E-state index contributed by atoms with van der Waals surface area (Å²) in [4.78, 5) is 30.3. The molecule has 166 valence electrons. The van der Waals surface area contributed by atoms with Gasteiger partial charge in [-0.2, -0.15) is 4.31 Å². The van der Waals surface area contributed by atoms with Gasteiger partial charge in [-0.1, -0.05) is 0 Å². The number of benzene rings is 1. The number of carbonyl (C=O) groups excluding carboxylic acids is 2. The fourth-order valence-corrected chi connectivity index (χ4v) is 5.99. The highest BCUT2D eigenvalue weighted by Gasteiger charge is 2.33. The Balaban J connectivity index is 1.45. The van der Waals surface area contributed by atoms with Crippen LogP contribution in [0.5, 0.6) is 5.75 Å². The van der Waals surface area contributed by atoms with Gasteiger partial charge in [-0.05, 0) is 38.0 Å². The van der Waals surface area contributed by atoms with Crippen molar-refractivity contribution in [3.63, 3.8) is 0 Å². The number of nitrogens with one attached hydrogen (secondary N) is 1. The third-order valence-electron chi connectivity index (χ3n) is 5.49. The Kier molecular flexibility index (Phi) is 6.00. The van der Waals surface area contributed by atoms with E-state index in [0.29, 0.717) is 42.6 Å². The van der Waals surface area contributed by atoms with Gasteiger partial charge < -0.3 is 15.0 Å². The highest BCUT2D eigenvalue weighted by molar-refractivity contribution is 7.89. The van der Waals surface area contributed by atoms with Crippen LogP contribution in [0.4, 0.5) is 10.8 Å². The summed E-state index contributed by atoms with van der Waals surface area (Å²) in [5, 5.41) is 5.24. The van der Waals surface area contributed by atoms with Crippen LogP contribution < -0.4 is 15.0 Å². The number of nitrogens with zero attached hydrogens (tertiary/aromatic N) is 3. The highest BCUT2D eigenvalue weighted by Crippen LogP contribution is 2.35. The number of hydrogen-bond acceptors (Lipinski definition) is 7. The van der Waals surface area contributed by atoms with Crippen molar-refractivity contribution in [1.29, 1.82) is 0 Å². The number of fused-ring (bicyclic) bond motifs is 1. The third-order valence-corrected chi connectivity index (χ3v) is 8.26. The Labute approximate surface area is 185 Å². The van der Waals surface area contributed by atoms with Crippen LogP contribution in [0.2, 0.25) is 0 Å². The van der Waals surface area contributed by atoms with Gasteiger partial charge in [-0.25, -0.2) is 13.4 Å². The highest BCUT2D eigenvalue weighted by atomic mass is 32.2. The van der Waals surface area contributed by atoms with Crippen LogP contribution in [0, 0.1) is 12.8 Å². The third kappa shape index (κ3) is 4.43. The normalized spacial score (nSPS) is 17.7. The van der Waals surface area contributed by atoms with E-state index >= 15 is 0 Å². The summed E-state index contributed by atoms with van der Waals surface area (Å²) in [5.74, 6) is -0.0650. The first-order chi connectivity index (χ1) is 14.8. The van der Waals surface area contributed by atoms with Crippen molar-refractivity contribution in [2.45, 2.75) is 31.6 Å². The molecule has 3 heterocycles. The lowest BCUT2D eigenvalue weighted by molar-refractivity contribution is -0.121. The molecular weight excluding hydrogens is 440 g/mol. The fraction of sp³-hybridized carbons (Fsp3) is 0.450. The Bertz CT molecular complexity index is 1110. The molecular formula is C20H24N4O5S2. The zero-order chi connectivity index (χ0) is 22.2. The van der Waals surface area contributed by atoms with E-state index in [1.807, 2.05) is 12.3 Å². The van der Waals surface area contributed by atoms with Gasteiger partial charge in [0.15, 0.2) is 5.13 Å². The second-order valence-corrected chi connectivity index (χ2v) is 10.4. The summed E-state index contributed by atoms with van der Waals surface area (Å²) in [7, 11) is -3.75. The van der Waals surface area contributed by atoms with Crippen LogP contribution in [0.1, 0.15) is 25.5 Å². The van der Waals surface area contributed by atoms with Crippen molar-refractivity contribution >= 4 is 44.0 Å². The quantitative estimate of drug-likeness (QED) is 0.743. The molecule has 1 N–H and O–H groups in total. The molecule has 2 amide bonds. The van der Waals surface area contributed by atoms with Crippen LogP contribution in [0.15, 0.2) is 28.5 Å². The first-order valence-electron chi connectivity index (χ1n) is 10.0. The van der Waals surface area contributed by atoms with Crippen molar-refractivity contribution in [3.8, 4) is 5.75 Å². The standard InChI is InChI=1S/C20H24N4O5S2/c1-13-12-30-20(21-13)22-19(26)15-5-7-23(8-6-15)31(27,28)16-3-4-18-17(11-16)24(14(2)25)9-10-29-18/h3-4,11-12,15H,5-10H2,1-2H3,(H,21,22,26). The first-order valence-corrected chi connectivity index (χ1v) is 12.4. The zero-order valence-electron chi connectivity index (χ0n) is 17.3. The van der Waals surface area contributed by atoms with Crippen LogP contribution in [-0.4, -0.2) is 55.8 Å². The number of hydrogen-bond donors (Lipinski definition) is 1. The van der Waals surface area contributed by atoms with E-state index in [0.717, 1.165) is 5.69 Å². The molecule has 0 bridgehead atoms. The van der Waals surface area contributed by atoms with Gasteiger partial charge in [-0.15, -0.1) is 11.3 Å². The van der Waals surface area contributed by atoms with E-state index in [9.17, 15) is 18.0 Å². The van der Waals surface area contributed by atoms with Crippen LogP contribution in [0.25, 0.3) is 0 Å². The predicted molar refractivity (Wildman–Crippen MR) is 117 cm³/mol. The van der Waals surface area contributed by atoms with Crippen molar-refractivity contribution in [1.82, 2.24) is 9.29 Å². The van der Waals surface area contributed by atoms with Crippen molar-refractivity contribution in [3.05, 3.63) is 29.3 Å². The summed E-state index contributed by atoms with van der Waals surface area (Å²) in [6, 6.07) is 4.59. The molecule has 0 radical (unpaired) electrons. The van der Waals surface area contributed by atoms with Crippen LogP contribution in [-0.2, 0) is 19.6 Å². The number of aryl methyl sites for hydroxylation is 1. The molecule has 2 aliphatic rings. The van der Waals surface area contributed by atoms with E-state index in [1.54, 1.807) is 6.07 Å². The molecule has 0 atom stereocenters. The summed E-state index contributed by atoms with van der Waals surface area (Å²) in [6.07, 6.45) is 0.867. The Morgan fingerprint density at radius 2 is 1.97 bits per heavy atom. The molecule has 4 rings (SSSR count). The monoisotopic (exact) mass is 464 g/mol. The molecule has 9 nitrogen and oxygen atoms in total. The minimum Gasteiger partial charge on any atom is -0.490 e. The number of ether oxygens (including phenoxy) is 1. The molecule has 1 aromatic heterocycles. The van der Waals surface area contributed by atoms with Gasteiger partial charge in [0.2, 0.25) is 21.8 Å². The SMILES string of the molecule is CC(=O)N1CCOc2ccc(S(=O)(=O)N3CCC(C(=O)Nc4nc(C)cs4)CC3)cc21. The van der Waals surface area contributed by atoms with Gasteiger partial charge in [0.05, 0.1) is 22.8 Å². The van der Waals surface area contributed by atoms with Gasteiger partial charge >= 0.3 is 0 Å².